The van der Waals surface area contributed by atoms with Crippen LogP contribution in [0.3, 0.4) is 0 Å². The highest BCUT2D eigenvalue weighted by atomic mass is 16.5. The van der Waals surface area contributed by atoms with Gasteiger partial charge in [-0.2, -0.15) is 0 Å². The Morgan fingerprint density at radius 1 is 0.806 bits per heavy atom. The van der Waals surface area contributed by atoms with Crippen molar-refractivity contribution in [1.82, 2.24) is 0 Å². The molecule has 0 fully saturated rings. The average Bonchev–Trinajstić information content (AvgIpc) is 2.82. The van der Waals surface area contributed by atoms with E-state index in [0.717, 1.165) is 24.0 Å². The van der Waals surface area contributed by atoms with Crippen LogP contribution in [0.4, 0.5) is 0 Å². The third-order valence-electron chi connectivity index (χ3n) is 4.63. The lowest BCUT2D eigenvalue weighted by atomic mass is 10.1. The molecule has 0 saturated heterocycles. The van der Waals surface area contributed by atoms with E-state index >= 15 is 0 Å². The Morgan fingerprint density at radius 3 is 2.03 bits per heavy atom. The number of benzene rings is 3. The molecule has 0 heterocycles. The summed E-state index contributed by atoms with van der Waals surface area (Å²) in [7, 11) is 0. The topological polar surface area (TPSA) is 44.8 Å². The molecule has 0 aliphatic heterocycles. The average molecular weight is 417 g/mol. The Kier molecular flexibility index (Phi) is 8.74. The van der Waals surface area contributed by atoms with Gasteiger partial charge in [-0.05, 0) is 35.7 Å². The van der Waals surface area contributed by atoms with Gasteiger partial charge in [-0.1, -0.05) is 74.0 Å². The Balaban J connectivity index is 1.73. The number of ketones is 1. The second-order valence-electron chi connectivity index (χ2n) is 7.10. The van der Waals surface area contributed by atoms with E-state index in [1.807, 2.05) is 60.7 Å². The van der Waals surface area contributed by atoms with Crippen molar-refractivity contribution in [2.45, 2.75) is 33.0 Å². The first-order valence-electron chi connectivity index (χ1n) is 10.6. The van der Waals surface area contributed by atoms with Crippen LogP contribution in [-0.2, 0) is 18.0 Å². The minimum absolute atomic E-state index is 0.143. The number of hydrogen-bond acceptors (Lipinski definition) is 4. The number of carbonyl (C=O) groups excluding carboxylic acids is 1. The van der Waals surface area contributed by atoms with Gasteiger partial charge in [-0.3, -0.25) is 4.79 Å². The van der Waals surface area contributed by atoms with Gasteiger partial charge in [-0.15, -0.1) is 0 Å². The third kappa shape index (κ3) is 7.34. The molecule has 3 aromatic rings. The highest BCUT2D eigenvalue weighted by Crippen LogP contribution is 2.30. The number of ether oxygens (including phenoxy) is 3. The Labute approximate surface area is 184 Å². The zero-order valence-electron chi connectivity index (χ0n) is 17.8. The van der Waals surface area contributed by atoms with E-state index in [1.54, 1.807) is 18.2 Å². The quantitative estimate of drug-likeness (QED) is 0.149. The van der Waals surface area contributed by atoms with Crippen LogP contribution in [0.25, 0.3) is 0 Å². The largest absolute Gasteiger partial charge is 0.501 e. The summed E-state index contributed by atoms with van der Waals surface area (Å²) in [5.41, 5.74) is 2.62. The zero-order valence-corrected chi connectivity index (χ0v) is 17.8. The fourth-order valence-electron chi connectivity index (χ4n) is 2.87. The summed E-state index contributed by atoms with van der Waals surface area (Å²) in [6, 6.07) is 25.1. The number of carbonyl (C=O) groups is 1. The molecule has 0 saturated carbocycles. The smallest absolute Gasteiger partial charge is 0.189 e. The summed E-state index contributed by atoms with van der Waals surface area (Å²) in [6.45, 7) is 3.51. The highest BCUT2D eigenvalue weighted by molar-refractivity contribution is 6.04. The molecule has 3 rings (SSSR count). The SMILES string of the molecule is CCCCO/C=C/C(=O)c1ccc(OCc2ccccc2)c(OCc2ccccc2)c1. The second kappa shape index (κ2) is 12.2. The van der Waals surface area contributed by atoms with E-state index in [1.165, 1.54) is 12.3 Å². The first kappa shape index (κ1) is 22.2. The number of unbranched alkanes of at least 4 members (excludes halogenated alkanes) is 1. The first-order valence-corrected chi connectivity index (χ1v) is 10.6. The van der Waals surface area contributed by atoms with Crippen LogP contribution in [0, 0.1) is 0 Å². The van der Waals surface area contributed by atoms with E-state index in [9.17, 15) is 4.79 Å². The monoisotopic (exact) mass is 416 g/mol. The lowest BCUT2D eigenvalue weighted by Gasteiger charge is -2.14. The van der Waals surface area contributed by atoms with Crippen molar-refractivity contribution in [2.24, 2.45) is 0 Å². The molecule has 0 bridgehead atoms. The Bertz CT molecular complexity index is 965. The van der Waals surface area contributed by atoms with Crippen LogP contribution in [-0.4, -0.2) is 12.4 Å². The molecule has 160 valence electrons. The molecule has 4 nitrogen and oxygen atoms in total. The molecule has 0 atom stereocenters. The molecule has 0 aliphatic rings. The van der Waals surface area contributed by atoms with E-state index < -0.39 is 0 Å². The van der Waals surface area contributed by atoms with E-state index in [2.05, 4.69) is 6.92 Å². The van der Waals surface area contributed by atoms with Crippen LogP contribution < -0.4 is 9.47 Å². The number of hydrogen-bond donors (Lipinski definition) is 0. The van der Waals surface area contributed by atoms with Crippen molar-refractivity contribution < 1.29 is 19.0 Å². The molecule has 4 heteroatoms. The molecule has 0 aliphatic carbocycles. The third-order valence-corrected chi connectivity index (χ3v) is 4.63. The van der Waals surface area contributed by atoms with E-state index in [4.69, 9.17) is 14.2 Å². The normalized spacial score (nSPS) is 10.7. The zero-order chi connectivity index (χ0) is 21.7. The van der Waals surface area contributed by atoms with E-state index in [0.29, 0.717) is 36.9 Å². The fraction of sp³-hybridized carbons (Fsp3) is 0.222. The summed E-state index contributed by atoms with van der Waals surface area (Å²) < 4.78 is 17.4. The van der Waals surface area contributed by atoms with Gasteiger partial charge in [0.2, 0.25) is 0 Å². The predicted octanol–water partition coefficient (Wildman–Crippen LogP) is 6.36. The lowest BCUT2D eigenvalue weighted by molar-refractivity contribution is 0.104. The van der Waals surface area contributed by atoms with Crippen LogP contribution >= 0.6 is 0 Å². The summed E-state index contributed by atoms with van der Waals surface area (Å²) in [5, 5.41) is 0. The standard InChI is InChI=1S/C27H28O4/c1-2-3-17-29-18-16-25(28)24-14-15-26(30-20-22-10-6-4-7-11-22)27(19-24)31-21-23-12-8-5-9-13-23/h4-16,18-19H,2-3,17,20-21H2,1H3/b18-16+. The number of allylic oxidation sites excluding steroid dienone is 1. The van der Waals surface area contributed by atoms with Gasteiger partial charge in [0.1, 0.15) is 13.2 Å². The molecular weight excluding hydrogens is 388 g/mol. The molecule has 31 heavy (non-hydrogen) atoms. The molecule has 0 radical (unpaired) electrons. The van der Waals surface area contributed by atoms with E-state index in [-0.39, 0.29) is 5.78 Å². The molecule has 0 amide bonds. The van der Waals surface area contributed by atoms with Crippen molar-refractivity contribution in [3.63, 3.8) is 0 Å². The summed E-state index contributed by atoms with van der Waals surface area (Å²) in [4.78, 5) is 12.5. The van der Waals surface area contributed by atoms with Crippen LogP contribution in [0.1, 0.15) is 41.3 Å². The van der Waals surface area contributed by atoms with Crippen molar-refractivity contribution in [3.8, 4) is 11.5 Å². The maximum atomic E-state index is 12.5. The molecule has 0 N–H and O–H groups in total. The van der Waals surface area contributed by atoms with Gasteiger partial charge >= 0.3 is 0 Å². The Hall–Kier alpha value is -3.53. The summed E-state index contributed by atoms with van der Waals surface area (Å²) in [6.07, 6.45) is 4.91. The van der Waals surface area contributed by atoms with Gasteiger partial charge in [0.05, 0.1) is 12.9 Å². The lowest BCUT2D eigenvalue weighted by Crippen LogP contribution is -2.03. The van der Waals surface area contributed by atoms with Crippen LogP contribution in [0.5, 0.6) is 11.5 Å². The van der Waals surface area contributed by atoms with Gasteiger partial charge < -0.3 is 14.2 Å². The Morgan fingerprint density at radius 2 is 1.42 bits per heavy atom. The molecule has 0 unspecified atom stereocenters. The molecule has 3 aromatic carbocycles. The maximum absolute atomic E-state index is 12.5. The number of rotatable bonds is 12. The second-order valence-corrected chi connectivity index (χ2v) is 7.10. The first-order chi connectivity index (χ1) is 15.3. The van der Waals surface area contributed by atoms with Crippen LogP contribution in [0.2, 0.25) is 0 Å². The minimum Gasteiger partial charge on any atom is -0.501 e. The minimum atomic E-state index is -0.143. The van der Waals surface area contributed by atoms with Gasteiger partial charge in [0, 0.05) is 11.6 Å². The fourth-order valence-corrected chi connectivity index (χ4v) is 2.87. The highest BCUT2D eigenvalue weighted by Gasteiger charge is 2.11. The summed E-state index contributed by atoms with van der Waals surface area (Å²) in [5.74, 6) is 0.987. The molecule has 0 spiro atoms. The predicted molar refractivity (Wildman–Crippen MR) is 122 cm³/mol. The summed E-state index contributed by atoms with van der Waals surface area (Å²) >= 11 is 0. The van der Waals surface area contributed by atoms with Gasteiger partial charge in [-0.25, -0.2) is 0 Å². The maximum Gasteiger partial charge on any atom is 0.189 e. The van der Waals surface area contributed by atoms with Crippen molar-refractivity contribution in [3.05, 3.63) is 108 Å². The van der Waals surface area contributed by atoms with Crippen molar-refractivity contribution >= 4 is 5.78 Å². The van der Waals surface area contributed by atoms with Crippen molar-refractivity contribution in [1.29, 1.82) is 0 Å². The molecular formula is C27H28O4. The van der Waals surface area contributed by atoms with Crippen molar-refractivity contribution in [2.75, 3.05) is 6.61 Å². The van der Waals surface area contributed by atoms with Gasteiger partial charge in [0.15, 0.2) is 17.3 Å². The molecule has 0 aromatic heterocycles. The van der Waals surface area contributed by atoms with Gasteiger partial charge in [0.25, 0.3) is 0 Å². The van der Waals surface area contributed by atoms with Crippen LogP contribution in [0.15, 0.2) is 91.2 Å².